The van der Waals surface area contributed by atoms with E-state index in [-0.39, 0.29) is 0 Å². The van der Waals surface area contributed by atoms with Crippen LogP contribution in [0.1, 0.15) is 21.7 Å². The molecule has 0 radical (unpaired) electrons. The normalized spacial score (nSPS) is 10.5. The number of amides is 1. The van der Waals surface area contributed by atoms with E-state index >= 15 is 0 Å². The highest BCUT2D eigenvalue weighted by Crippen LogP contribution is 2.14. The van der Waals surface area contributed by atoms with Crippen molar-refractivity contribution in [2.75, 3.05) is 11.9 Å². The highest BCUT2D eigenvalue weighted by atomic mass is 19.1. The van der Waals surface area contributed by atoms with Crippen molar-refractivity contribution >= 4 is 17.6 Å². The summed E-state index contributed by atoms with van der Waals surface area (Å²) in [4.78, 5) is 23.9. The summed E-state index contributed by atoms with van der Waals surface area (Å²) in [5, 5.41) is 6.90. The largest absolute Gasteiger partial charge is 0.452 e. The average molecular weight is 367 g/mol. The number of rotatable bonds is 5. The molecule has 0 unspecified atom stereocenters. The summed E-state index contributed by atoms with van der Waals surface area (Å²) < 4.78 is 19.6. The maximum Gasteiger partial charge on any atom is 0.338 e. The predicted octanol–water partition coefficient (Wildman–Crippen LogP) is 3.42. The van der Waals surface area contributed by atoms with Crippen molar-refractivity contribution < 1.29 is 18.7 Å². The number of halogens is 1. The summed E-state index contributed by atoms with van der Waals surface area (Å²) in [6, 6.07) is 14.0. The van der Waals surface area contributed by atoms with E-state index in [1.54, 1.807) is 28.9 Å². The minimum atomic E-state index is -0.607. The summed E-state index contributed by atoms with van der Waals surface area (Å²) in [5.41, 5.74) is 3.47. The van der Waals surface area contributed by atoms with Gasteiger partial charge in [-0.15, -0.1) is 0 Å². The predicted molar refractivity (Wildman–Crippen MR) is 98.4 cm³/mol. The summed E-state index contributed by atoms with van der Waals surface area (Å²) in [5.74, 6) is -1.51. The summed E-state index contributed by atoms with van der Waals surface area (Å²) >= 11 is 0. The number of nitrogens with zero attached hydrogens (tertiary/aromatic N) is 2. The van der Waals surface area contributed by atoms with E-state index in [1.165, 1.54) is 24.3 Å². The molecule has 1 heterocycles. The highest BCUT2D eigenvalue weighted by molar-refractivity contribution is 5.95. The number of anilines is 1. The van der Waals surface area contributed by atoms with Crippen LogP contribution >= 0.6 is 0 Å². The van der Waals surface area contributed by atoms with Gasteiger partial charge in [-0.1, -0.05) is 0 Å². The summed E-state index contributed by atoms with van der Waals surface area (Å²) in [6.45, 7) is 3.42. The Labute approximate surface area is 155 Å². The Morgan fingerprint density at radius 1 is 1.07 bits per heavy atom. The van der Waals surface area contributed by atoms with Gasteiger partial charge in [-0.05, 0) is 68.4 Å². The molecule has 0 aliphatic rings. The van der Waals surface area contributed by atoms with Crippen molar-refractivity contribution in [3.05, 3.63) is 77.4 Å². The lowest BCUT2D eigenvalue weighted by Crippen LogP contribution is -2.20. The van der Waals surface area contributed by atoms with Crippen molar-refractivity contribution in [1.82, 2.24) is 9.78 Å². The molecule has 3 aromatic rings. The molecule has 0 saturated heterocycles. The molecule has 0 saturated carbocycles. The lowest BCUT2D eigenvalue weighted by Gasteiger charge is -2.08. The van der Waals surface area contributed by atoms with Crippen LogP contribution in [0.4, 0.5) is 10.1 Å². The second kappa shape index (κ2) is 7.82. The van der Waals surface area contributed by atoms with Crippen molar-refractivity contribution in [3.8, 4) is 5.69 Å². The number of benzene rings is 2. The number of aryl methyl sites for hydroxylation is 2. The van der Waals surface area contributed by atoms with E-state index in [9.17, 15) is 14.0 Å². The molecule has 2 aromatic carbocycles. The zero-order valence-electron chi connectivity index (χ0n) is 14.9. The van der Waals surface area contributed by atoms with E-state index in [0.29, 0.717) is 11.3 Å². The molecule has 0 spiro atoms. The fourth-order valence-corrected chi connectivity index (χ4v) is 2.57. The van der Waals surface area contributed by atoms with Gasteiger partial charge in [-0.2, -0.15) is 5.10 Å². The standard InChI is InChI=1S/C20H18FN3O3/c1-13-11-14(2)24(23-13)18-9-3-15(4-10-18)20(26)27-12-19(25)22-17-7-5-16(21)6-8-17/h3-11H,12H2,1-2H3,(H,22,25). The number of nitrogens with one attached hydrogen (secondary N) is 1. The zero-order valence-corrected chi connectivity index (χ0v) is 14.9. The first kappa shape index (κ1) is 18.3. The maximum atomic E-state index is 12.8. The number of carbonyl (C=O) groups is 2. The van der Waals surface area contributed by atoms with Crippen LogP contribution in [0.25, 0.3) is 5.69 Å². The second-order valence-corrected chi connectivity index (χ2v) is 6.02. The molecule has 3 rings (SSSR count). The van der Waals surface area contributed by atoms with Crippen LogP contribution in [-0.4, -0.2) is 28.3 Å². The lowest BCUT2D eigenvalue weighted by atomic mass is 10.2. The molecule has 7 heteroatoms. The fraction of sp³-hybridized carbons (Fsp3) is 0.150. The van der Waals surface area contributed by atoms with E-state index < -0.39 is 24.3 Å². The van der Waals surface area contributed by atoms with Gasteiger partial charge in [0.15, 0.2) is 6.61 Å². The second-order valence-electron chi connectivity index (χ2n) is 6.02. The quantitative estimate of drug-likeness (QED) is 0.701. The molecule has 0 fully saturated rings. The number of carbonyl (C=O) groups excluding carboxylic acids is 2. The van der Waals surface area contributed by atoms with Crippen LogP contribution in [0, 0.1) is 19.7 Å². The Kier molecular flexibility index (Phi) is 5.30. The molecular weight excluding hydrogens is 349 g/mol. The Balaban J connectivity index is 1.57. The molecule has 0 aliphatic carbocycles. The minimum absolute atomic E-state index is 0.329. The van der Waals surface area contributed by atoms with Gasteiger partial charge in [0.25, 0.3) is 5.91 Å². The monoisotopic (exact) mass is 367 g/mol. The molecule has 138 valence electrons. The van der Waals surface area contributed by atoms with Crippen molar-refractivity contribution in [2.24, 2.45) is 0 Å². The smallest absolute Gasteiger partial charge is 0.338 e. The first-order valence-electron chi connectivity index (χ1n) is 8.28. The van der Waals surface area contributed by atoms with Crippen LogP contribution in [-0.2, 0) is 9.53 Å². The van der Waals surface area contributed by atoms with Crippen LogP contribution in [0.3, 0.4) is 0 Å². The molecule has 6 nitrogen and oxygen atoms in total. The van der Waals surface area contributed by atoms with E-state index in [4.69, 9.17) is 4.74 Å². The number of hydrogen-bond donors (Lipinski definition) is 1. The summed E-state index contributed by atoms with van der Waals surface area (Å²) in [7, 11) is 0. The van der Waals surface area contributed by atoms with Crippen molar-refractivity contribution in [1.29, 1.82) is 0 Å². The Bertz CT molecular complexity index is 963. The number of aromatic nitrogens is 2. The van der Waals surface area contributed by atoms with Gasteiger partial charge in [-0.25, -0.2) is 13.9 Å². The number of esters is 1. The molecule has 1 N–H and O–H groups in total. The Morgan fingerprint density at radius 2 is 1.74 bits per heavy atom. The fourth-order valence-electron chi connectivity index (χ4n) is 2.57. The Morgan fingerprint density at radius 3 is 2.33 bits per heavy atom. The molecule has 1 amide bonds. The van der Waals surface area contributed by atoms with E-state index in [2.05, 4.69) is 10.4 Å². The van der Waals surface area contributed by atoms with Gasteiger partial charge >= 0.3 is 5.97 Å². The van der Waals surface area contributed by atoms with Gasteiger partial charge in [0.1, 0.15) is 5.82 Å². The van der Waals surface area contributed by atoms with Crippen molar-refractivity contribution in [2.45, 2.75) is 13.8 Å². The van der Waals surface area contributed by atoms with Crippen LogP contribution in [0.15, 0.2) is 54.6 Å². The van der Waals surface area contributed by atoms with Crippen LogP contribution < -0.4 is 5.32 Å². The van der Waals surface area contributed by atoms with Crippen LogP contribution in [0.5, 0.6) is 0 Å². The minimum Gasteiger partial charge on any atom is -0.452 e. The van der Waals surface area contributed by atoms with Gasteiger partial charge < -0.3 is 10.1 Å². The van der Waals surface area contributed by atoms with Gasteiger partial charge in [0.05, 0.1) is 16.9 Å². The van der Waals surface area contributed by atoms with E-state index in [1.807, 2.05) is 19.9 Å². The molecular formula is C20H18FN3O3. The first-order chi connectivity index (χ1) is 12.9. The summed E-state index contributed by atoms with van der Waals surface area (Å²) in [6.07, 6.45) is 0. The van der Waals surface area contributed by atoms with E-state index in [0.717, 1.165) is 17.1 Å². The maximum absolute atomic E-state index is 12.8. The molecule has 1 aromatic heterocycles. The van der Waals surface area contributed by atoms with Gasteiger partial charge in [0.2, 0.25) is 0 Å². The van der Waals surface area contributed by atoms with Crippen LogP contribution in [0.2, 0.25) is 0 Å². The SMILES string of the molecule is Cc1cc(C)n(-c2ccc(C(=O)OCC(=O)Nc3ccc(F)cc3)cc2)n1. The number of hydrogen-bond acceptors (Lipinski definition) is 4. The average Bonchev–Trinajstić information content (AvgIpc) is 3.00. The third-order valence-electron chi connectivity index (χ3n) is 3.82. The molecule has 0 aliphatic heterocycles. The third kappa shape index (κ3) is 4.58. The first-order valence-corrected chi connectivity index (χ1v) is 8.28. The van der Waals surface area contributed by atoms with Gasteiger partial charge in [-0.3, -0.25) is 4.79 Å². The molecule has 0 atom stereocenters. The topological polar surface area (TPSA) is 73.2 Å². The van der Waals surface area contributed by atoms with Crippen molar-refractivity contribution in [3.63, 3.8) is 0 Å². The number of ether oxygens (including phenoxy) is 1. The van der Waals surface area contributed by atoms with Gasteiger partial charge in [0, 0.05) is 11.4 Å². The highest BCUT2D eigenvalue weighted by Gasteiger charge is 2.11. The Hall–Kier alpha value is -3.48. The third-order valence-corrected chi connectivity index (χ3v) is 3.82. The molecule has 27 heavy (non-hydrogen) atoms. The zero-order chi connectivity index (χ0) is 19.4. The molecule has 0 bridgehead atoms. The lowest BCUT2D eigenvalue weighted by molar-refractivity contribution is -0.119.